The second-order valence-electron chi connectivity index (χ2n) is 11.7. The topological polar surface area (TPSA) is 119 Å². The molecule has 47 heavy (non-hydrogen) atoms. The molecule has 0 radical (unpaired) electrons. The third kappa shape index (κ3) is 11.2. The van der Waals surface area contributed by atoms with E-state index in [2.05, 4.69) is 35.6 Å². The summed E-state index contributed by atoms with van der Waals surface area (Å²) in [5.41, 5.74) is 7.54. The Morgan fingerprint density at radius 3 is 1.98 bits per heavy atom. The smallest absolute Gasteiger partial charge is 0.328 e. The predicted molar refractivity (Wildman–Crippen MR) is 187 cm³/mol. The lowest BCUT2D eigenvalue weighted by Crippen LogP contribution is -2.22. The number of benzene rings is 4. The van der Waals surface area contributed by atoms with E-state index in [1.54, 1.807) is 12.1 Å². The van der Waals surface area contributed by atoms with Crippen LogP contribution < -0.4 is 5.32 Å². The van der Waals surface area contributed by atoms with Crippen LogP contribution in [-0.2, 0) is 22.6 Å². The van der Waals surface area contributed by atoms with E-state index in [0.717, 1.165) is 86.1 Å². The standard InChI is InChI=1S/C25H37NO4.C15H10O2/c27-20-23-18-22(13-14-24(23)28)25(29)19-26-15-7-1-2-8-16-30-17-9-6-12-21-10-4-3-5-11-21;16-15(17)9-14-12-7-3-1-5-10(12)11-6-2-4-8-13(11)14/h3-5,10-11,13-14,18,25-29H,1-2,6-9,12,15-17,19-20H2;1-9H,(H,16,17). The van der Waals surface area contributed by atoms with Crippen molar-refractivity contribution in [2.75, 3.05) is 26.3 Å². The molecule has 1 aliphatic rings. The van der Waals surface area contributed by atoms with Gasteiger partial charge >= 0.3 is 5.97 Å². The number of carbonyl (C=O) groups is 1. The van der Waals surface area contributed by atoms with Gasteiger partial charge in [0.15, 0.2) is 0 Å². The van der Waals surface area contributed by atoms with Crippen molar-refractivity contribution in [2.24, 2.45) is 0 Å². The zero-order chi connectivity index (χ0) is 33.3. The summed E-state index contributed by atoms with van der Waals surface area (Å²) in [6.45, 7) is 2.77. The molecule has 0 amide bonds. The lowest BCUT2D eigenvalue weighted by molar-refractivity contribution is -0.131. The zero-order valence-corrected chi connectivity index (χ0v) is 27.0. The number of phenols is 1. The summed E-state index contributed by atoms with van der Waals surface area (Å²) in [7, 11) is 0. The van der Waals surface area contributed by atoms with Gasteiger partial charge in [0, 0.05) is 31.4 Å². The summed E-state index contributed by atoms with van der Waals surface area (Å²) in [5, 5.41) is 41.2. The highest BCUT2D eigenvalue weighted by Gasteiger charge is 2.22. The Morgan fingerprint density at radius 1 is 0.745 bits per heavy atom. The number of carboxylic acid groups (broad SMARTS) is 1. The molecule has 1 atom stereocenters. The molecule has 0 heterocycles. The molecule has 0 saturated carbocycles. The third-order valence-electron chi connectivity index (χ3n) is 8.23. The molecule has 7 nitrogen and oxygen atoms in total. The zero-order valence-electron chi connectivity index (χ0n) is 27.0. The predicted octanol–water partition coefficient (Wildman–Crippen LogP) is 7.29. The summed E-state index contributed by atoms with van der Waals surface area (Å²) >= 11 is 0. The van der Waals surface area contributed by atoms with Crippen LogP contribution in [0.15, 0.2) is 103 Å². The fourth-order valence-electron chi connectivity index (χ4n) is 5.71. The highest BCUT2D eigenvalue weighted by Crippen LogP contribution is 2.43. The average Bonchev–Trinajstić information content (AvgIpc) is 3.40. The minimum absolute atomic E-state index is 0.0533. The van der Waals surface area contributed by atoms with E-state index < -0.39 is 12.1 Å². The molecule has 0 spiro atoms. The molecule has 0 fully saturated rings. The molecular formula is C40H47NO6. The Hall–Kier alpha value is -4.27. The molecule has 1 aliphatic carbocycles. The fraction of sp³-hybridized carbons (Fsp3) is 0.325. The molecule has 0 bridgehead atoms. The van der Waals surface area contributed by atoms with Crippen LogP contribution in [0.25, 0.3) is 16.7 Å². The summed E-state index contributed by atoms with van der Waals surface area (Å²) < 4.78 is 5.72. The van der Waals surface area contributed by atoms with Gasteiger partial charge in [-0.2, -0.15) is 0 Å². The number of aliphatic carboxylic acids is 1. The van der Waals surface area contributed by atoms with Gasteiger partial charge in [-0.3, -0.25) is 0 Å². The number of unbranched alkanes of at least 4 members (excludes halogenated alkanes) is 4. The number of carboxylic acids is 1. The first-order valence-electron chi connectivity index (χ1n) is 16.5. The Morgan fingerprint density at radius 2 is 1.34 bits per heavy atom. The van der Waals surface area contributed by atoms with E-state index in [-0.39, 0.29) is 12.4 Å². The SMILES string of the molecule is O=C(O)C=C1c2ccccc2-c2ccccc21.OCc1cc(C(O)CNCCCCCCOCCCCc2ccccc2)ccc1O. The lowest BCUT2D eigenvalue weighted by atomic mass is 10.0. The number of nitrogens with one attached hydrogen (secondary N) is 1. The van der Waals surface area contributed by atoms with Gasteiger partial charge in [-0.05, 0) is 89.7 Å². The van der Waals surface area contributed by atoms with Crippen molar-refractivity contribution in [3.05, 3.63) is 131 Å². The number of aliphatic hydroxyl groups is 2. The quantitative estimate of drug-likeness (QED) is 0.0537. The monoisotopic (exact) mass is 637 g/mol. The maximum absolute atomic E-state index is 10.9. The third-order valence-corrected chi connectivity index (χ3v) is 8.23. The Kier molecular flexibility index (Phi) is 14.7. The molecule has 248 valence electrons. The number of hydrogen-bond acceptors (Lipinski definition) is 6. The summed E-state index contributed by atoms with van der Waals surface area (Å²) in [6, 6.07) is 31.2. The first-order valence-corrected chi connectivity index (χ1v) is 16.5. The van der Waals surface area contributed by atoms with E-state index in [9.17, 15) is 20.1 Å². The molecule has 4 aromatic rings. The maximum atomic E-state index is 10.9. The average molecular weight is 638 g/mol. The van der Waals surface area contributed by atoms with Crippen molar-refractivity contribution >= 4 is 11.5 Å². The van der Waals surface area contributed by atoms with E-state index in [0.29, 0.717) is 17.7 Å². The van der Waals surface area contributed by atoms with Crippen LogP contribution in [0.2, 0.25) is 0 Å². The number of aromatic hydroxyl groups is 1. The summed E-state index contributed by atoms with van der Waals surface area (Å²) in [5.74, 6) is -0.857. The van der Waals surface area contributed by atoms with Crippen LogP contribution in [0.5, 0.6) is 5.75 Å². The van der Waals surface area contributed by atoms with E-state index in [4.69, 9.17) is 9.84 Å². The van der Waals surface area contributed by atoms with Crippen LogP contribution >= 0.6 is 0 Å². The Bertz CT molecular complexity index is 1520. The van der Waals surface area contributed by atoms with Crippen LogP contribution in [0.3, 0.4) is 0 Å². The van der Waals surface area contributed by atoms with Gasteiger partial charge in [-0.15, -0.1) is 0 Å². The Balaban J connectivity index is 0.000000246. The largest absolute Gasteiger partial charge is 0.508 e. The number of rotatable bonds is 17. The van der Waals surface area contributed by atoms with E-state index in [1.807, 2.05) is 48.5 Å². The van der Waals surface area contributed by atoms with Crippen molar-refractivity contribution < 1.29 is 30.0 Å². The second kappa shape index (κ2) is 19.4. The highest BCUT2D eigenvalue weighted by atomic mass is 16.5. The molecule has 4 aromatic carbocycles. The van der Waals surface area contributed by atoms with Crippen molar-refractivity contribution in [3.8, 4) is 16.9 Å². The molecule has 0 saturated heterocycles. The molecule has 0 aromatic heterocycles. The van der Waals surface area contributed by atoms with Crippen LogP contribution in [0.4, 0.5) is 0 Å². The molecule has 7 heteroatoms. The van der Waals surface area contributed by atoms with Gasteiger partial charge in [0.25, 0.3) is 0 Å². The first kappa shape index (κ1) is 35.6. The minimum atomic E-state index is -0.911. The van der Waals surface area contributed by atoms with Gasteiger partial charge in [0.1, 0.15) is 5.75 Å². The number of fused-ring (bicyclic) bond motifs is 3. The van der Waals surface area contributed by atoms with E-state index in [1.165, 1.54) is 24.1 Å². The molecule has 0 aliphatic heterocycles. The van der Waals surface area contributed by atoms with Crippen molar-refractivity contribution in [1.29, 1.82) is 0 Å². The minimum Gasteiger partial charge on any atom is -0.508 e. The molecule has 1 unspecified atom stereocenters. The van der Waals surface area contributed by atoms with Gasteiger partial charge in [-0.1, -0.05) is 97.8 Å². The van der Waals surface area contributed by atoms with Crippen LogP contribution in [0.1, 0.15) is 72.4 Å². The van der Waals surface area contributed by atoms with Crippen LogP contribution in [0, 0.1) is 0 Å². The molecule has 5 N–H and O–H groups in total. The van der Waals surface area contributed by atoms with Gasteiger partial charge in [0.05, 0.1) is 12.7 Å². The highest BCUT2D eigenvalue weighted by molar-refractivity contribution is 6.06. The number of hydrogen-bond donors (Lipinski definition) is 5. The van der Waals surface area contributed by atoms with Gasteiger partial charge < -0.3 is 30.5 Å². The second-order valence-corrected chi connectivity index (χ2v) is 11.7. The van der Waals surface area contributed by atoms with Crippen molar-refractivity contribution in [1.82, 2.24) is 5.32 Å². The summed E-state index contributed by atoms with van der Waals surface area (Å²) in [4.78, 5) is 10.9. The molecular weight excluding hydrogens is 590 g/mol. The van der Waals surface area contributed by atoms with Crippen molar-refractivity contribution in [3.63, 3.8) is 0 Å². The maximum Gasteiger partial charge on any atom is 0.328 e. The number of ether oxygens (including phenoxy) is 1. The lowest BCUT2D eigenvalue weighted by Gasteiger charge is -2.14. The first-order chi connectivity index (χ1) is 23.0. The number of aliphatic hydroxyl groups excluding tert-OH is 2. The molecule has 5 rings (SSSR count). The van der Waals surface area contributed by atoms with Gasteiger partial charge in [-0.25, -0.2) is 4.79 Å². The van der Waals surface area contributed by atoms with Crippen molar-refractivity contribution in [2.45, 2.75) is 57.7 Å². The van der Waals surface area contributed by atoms with Crippen LogP contribution in [-0.4, -0.2) is 52.7 Å². The Labute approximate surface area is 278 Å². The normalized spacial score (nSPS) is 12.1. The van der Waals surface area contributed by atoms with Gasteiger partial charge in [0.2, 0.25) is 0 Å². The number of aryl methyl sites for hydroxylation is 1. The summed E-state index contributed by atoms with van der Waals surface area (Å²) in [6.07, 6.45) is 8.52. The fourth-order valence-corrected chi connectivity index (χ4v) is 5.71. The van der Waals surface area contributed by atoms with E-state index >= 15 is 0 Å².